The van der Waals surface area contributed by atoms with E-state index in [0.717, 1.165) is 44.9 Å². The number of rotatable bonds is 3. The van der Waals surface area contributed by atoms with Gasteiger partial charge in [0.2, 0.25) is 5.91 Å². The van der Waals surface area contributed by atoms with Crippen molar-refractivity contribution in [1.82, 2.24) is 9.80 Å². The van der Waals surface area contributed by atoms with Crippen molar-refractivity contribution in [2.24, 2.45) is 16.6 Å². The molecule has 0 aromatic heterocycles. The second kappa shape index (κ2) is 7.50. The van der Waals surface area contributed by atoms with Crippen LogP contribution in [0.4, 0.5) is 0 Å². The Morgan fingerprint density at radius 2 is 1.75 bits per heavy atom. The van der Waals surface area contributed by atoms with E-state index in [-0.39, 0.29) is 5.91 Å². The monoisotopic (exact) mass is 280 g/mol. The smallest absolute Gasteiger partial charge is 0.224 e. The van der Waals surface area contributed by atoms with E-state index in [2.05, 4.69) is 16.8 Å². The van der Waals surface area contributed by atoms with E-state index in [1.165, 1.54) is 19.3 Å². The molecule has 2 N–H and O–H groups in total. The molecule has 0 spiro atoms. The molecule has 0 aromatic carbocycles. The van der Waals surface area contributed by atoms with Gasteiger partial charge in [-0.3, -0.25) is 9.79 Å². The quantitative estimate of drug-likeness (QED) is 0.628. The number of aliphatic imine (C=N–C) groups is 1. The normalized spacial score (nSPS) is 22.1. The maximum atomic E-state index is 12.0. The molecule has 5 heteroatoms. The maximum absolute atomic E-state index is 12.0. The van der Waals surface area contributed by atoms with E-state index < -0.39 is 0 Å². The fourth-order valence-electron chi connectivity index (χ4n) is 2.91. The minimum Gasteiger partial charge on any atom is -0.370 e. The minimum absolute atomic E-state index is 0.230. The summed E-state index contributed by atoms with van der Waals surface area (Å²) in [4.78, 5) is 20.5. The Morgan fingerprint density at radius 3 is 2.40 bits per heavy atom. The Bertz CT molecular complexity index is 342. The van der Waals surface area contributed by atoms with Crippen LogP contribution < -0.4 is 5.73 Å². The first-order valence-electron chi connectivity index (χ1n) is 7.99. The first-order valence-corrected chi connectivity index (χ1v) is 7.99. The lowest BCUT2D eigenvalue weighted by Gasteiger charge is -2.31. The first-order chi connectivity index (χ1) is 9.66. The highest BCUT2D eigenvalue weighted by atomic mass is 16.2. The molecule has 2 aliphatic rings. The lowest BCUT2D eigenvalue weighted by atomic mass is 10.00. The third kappa shape index (κ3) is 4.39. The molecule has 2 fully saturated rings. The Balaban J connectivity index is 1.70. The third-order valence-corrected chi connectivity index (χ3v) is 4.42. The minimum atomic E-state index is 0.230. The number of carbonyl (C=O) groups excluding carboxylic acids is 1. The highest BCUT2D eigenvalue weighted by molar-refractivity contribution is 5.79. The van der Waals surface area contributed by atoms with Crippen LogP contribution in [0.25, 0.3) is 0 Å². The molecule has 5 nitrogen and oxygen atoms in total. The number of likely N-dealkylation sites (tertiary alicyclic amines) is 2. The van der Waals surface area contributed by atoms with Gasteiger partial charge in [-0.1, -0.05) is 6.92 Å². The predicted octanol–water partition coefficient (Wildman–Crippen LogP) is 1.44. The molecule has 2 rings (SSSR count). The van der Waals surface area contributed by atoms with Crippen molar-refractivity contribution in [3.05, 3.63) is 0 Å². The standard InChI is InChI=1S/C15H28N4O/c1-13-6-11-19(12-7-13)15(16)17-8-5-14(20)18-9-3-2-4-10-18/h13H,2-12H2,1H3,(H2,16,17). The topological polar surface area (TPSA) is 61.9 Å². The van der Waals surface area contributed by atoms with Gasteiger partial charge in [0.05, 0.1) is 6.54 Å². The van der Waals surface area contributed by atoms with Gasteiger partial charge in [0.1, 0.15) is 0 Å². The van der Waals surface area contributed by atoms with Crippen molar-refractivity contribution in [2.75, 3.05) is 32.7 Å². The Kier molecular flexibility index (Phi) is 5.68. The number of hydrogen-bond acceptors (Lipinski definition) is 2. The van der Waals surface area contributed by atoms with E-state index in [1.807, 2.05) is 4.90 Å². The van der Waals surface area contributed by atoms with Gasteiger partial charge < -0.3 is 15.5 Å². The second-order valence-corrected chi connectivity index (χ2v) is 6.10. The lowest BCUT2D eigenvalue weighted by Crippen LogP contribution is -2.42. The van der Waals surface area contributed by atoms with Crippen LogP contribution in [0.3, 0.4) is 0 Å². The van der Waals surface area contributed by atoms with Crippen molar-refractivity contribution in [2.45, 2.75) is 45.4 Å². The summed E-state index contributed by atoms with van der Waals surface area (Å²) < 4.78 is 0. The van der Waals surface area contributed by atoms with E-state index in [9.17, 15) is 4.79 Å². The predicted molar refractivity (Wildman–Crippen MR) is 81.5 cm³/mol. The van der Waals surface area contributed by atoms with Gasteiger partial charge >= 0.3 is 0 Å². The van der Waals surface area contributed by atoms with Crippen molar-refractivity contribution in [3.8, 4) is 0 Å². The summed E-state index contributed by atoms with van der Waals surface area (Å²) >= 11 is 0. The van der Waals surface area contributed by atoms with Gasteiger partial charge in [-0.05, 0) is 38.0 Å². The molecule has 0 unspecified atom stereocenters. The fourth-order valence-corrected chi connectivity index (χ4v) is 2.91. The molecule has 0 radical (unpaired) electrons. The van der Waals surface area contributed by atoms with Gasteiger partial charge in [0.15, 0.2) is 5.96 Å². The highest BCUT2D eigenvalue weighted by Crippen LogP contribution is 2.15. The third-order valence-electron chi connectivity index (χ3n) is 4.42. The van der Waals surface area contributed by atoms with Gasteiger partial charge in [0, 0.05) is 32.6 Å². The van der Waals surface area contributed by atoms with Gasteiger partial charge in [-0.25, -0.2) is 0 Å². The average Bonchev–Trinajstić information content (AvgIpc) is 2.48. The summed E-state index contributed by atoms with van der Waals surface area (Å²) in [6, 6.07) is 0. The fraction of sp³-hybridized carbons (Fsp3) is 0.867. The molecule has 1 amide bonds. The van der Waals surface area contributed by atoms with Crippen molar-refractivity contribution in [1.29, 1.82) is 0 Å². The van der Waals surface area contributed by atoms with Crippen LogP contribution in [-0.4, -0.2) is 54.4 Å². The van der Waals surface area contributed by atoms with Crippen LogP contribution in [0.5, 0.6) is 0 Å². The Morgan fingerprint density at radius 1 is 1.10 bits per heavy atom. The van der Waals surface area contributed by atoms with Crippen LogP contribution in [0.1, 0.15) is 45.4 Å². The molecule has 0 aromatic rings. The van der Waals surface area contributed by atoms with Crippen molar-refractivity contribution >= 4 is 11.9 Å². The van der Waals surface area contributed by atoms with Crippen LogP contribution >= 0.6 is 0 Å². The van der Waals surface area contributed by atoms with E-state index in [1.54, 1.807) is 0 Å². The number of guanidine groups is 1. The Hall–Kier alpha value is -1.26. The molecule has 2 saturated heterocycles. The zero-order valence-corrected chi connectivity index (χ0v) is 12.7. The molecule has 0 atom stereocenters. The van der Waals surface area contributed by atoms with Gasteiger partial charge in [-0.2, -0.15) is 0 Å². The number of amides is 1. The van der Waals surface area contributed by atoms with Crippen molar-refractivity contribution < 1.29 is 4.79 Å². The molecule has 2 heterocycles. The largest absolute Gasteiger partial charge is 0.370 e. The van der Waals surface area contributed by atoms with E-state index in [0.29, 0.717) is 18.9 Å². The molecular weight excluding hydrogens is 252 g/mol. The van der Waals surface area contributed by atoms with Crippen LogP contribution in [0.2, 0.25) is 0 Å². The number of nitrogens with two attached hydrogens (primary N) is 1. The zero-order chi connectivity index (χ0) is 14.4. The molecule has 0 aliphatic carbocycles. The van der Waals surface area contributed by atoms with Gasteiger partial charge in [0.25, 0.3) is 0 Å². The molecule has 114 valence electrons. The van der Waals surface area contributed by atoms with Crippen LogP contribution in [0.15, 0.2) is 4.99 Å². The maximum Gasteiger partial charge on any atom is 0.224 e. The van der Waals surface area contributed by atoms with E-state index in [4.69, 9.17) is 5.73 Å². The first kappa shape index (κ1) is 15.1. The Labute approximate surface area is 122 Å². The SMILES string of the molecule is CC1CCN(C(N)=NCCC(=O)N2CCCCC2)CC1. The second-order valence-electron chi connectivity index (χ2n) is 6.10. The average molecular weight is 280 g/mol. The molecule has 0 bridgehead atoms. The molecule has 0 saturated carbocycles. The summed E-state index contributed by atoms with van der Waals surface area (Å²) in [5.74, 6) is 1.64. The summed E-state index contributed by atoms with van der Waals surface area (Å²) in [6.07, 6.45) is 6.39. The summed E-state index contributed by atoms with van der Waals surface area (Å²) in [5.41, 5.74) is 6.01. The van der Waals surface area contributed by atoms with E-state index >= 15 is 0 Å². The number of carbonyl (C=O) groups is 1. The van der Waals surface area contributed by atoms with Crippen LogP contribution in [-0.2, 0) is 4.79 Å². The molecular formula is C15H28N4O. The number of hydrogen-bond donors (Lipinski definition) is 1. The summed E-state index contributed by atoms with van der Waals surface area (Å²) in [7, 11) is 0. The van der Waals surface area contributed by atoms with Crippen molar-refractivity contribution in [3.63, 3.8) is 0 Å². The van der Waals surface area contributed by atoms with Crippen LogP contribution in [0, 0.1) is 5.92 Å². The van der Waals surface area contributed by atoms with Gasteiger partial charge in [-0.15, -0.1) is 0 Å². The summed E-state index contributed by atoms with van der Waals surface area (Å²) in [5, 5.41) is 0. The summed E-state index contributed by atoms with van der Waals surface area (Å²) in [6.45, 7) is 6.63. The molecule has 20 heavy (non-hydrogen) atoms. The molecule has 2 aliphatic heterocycles. The zero-order valence-electron chi connectivity index (χ0n) is 12.7. The number of nitrogens with zero attached hydrogens (tertiary/aromatic N) is 3. The highest BCUT2D eigenvalue weighted by Gasteiger charge is 2.18. The lowest BCUT2D eigenvalue weighted by molar-refractivity contribution is -0.131. The number of piperidine rings is 2.